The number of aromatic nitrogens is 3. The maximum atomic E-state index is 12.4. The molecule has 0 aliphatic heterocycles. The van der Waals surface area contributed by atoms with E-state index in [-0.39, 0.29) is 5.91 Å². The number of fused-ring (bicyclic) bond motifs is 1. The summed E-state index contributed by atoms with van der Waals surface area (Å²) < 4.78 is 1.88. The molecule has 1 N–H and O–H groups in total. The fraction of sp³-hybridized carbons (Fsp3) is 0.278. The molecule has 2 aromatic heterocycles. The van der Waals surface area contributed by atoms with E-state index in [2.05, 4.69) is 10.4 Å². The van der Waals surface area contributed by atoms with Crippen LogP contribution >= 0.6 is 0 Å². The minimum absolute atomic E-state index is 0.0760. The molecule has 0 bridgehead atoms. The molecule has 2 heterocycles. The number of rotatable bonds is 4. The predicted molar refractivity (Wildman–Crippen MR) is 91.4 cm³/mol. The van der Waals surface area contributed by atoms with E-state index >= 15 is 0 Å². The maximum absolute atomic E-state index is 12.4. The van der Waals surface area contributed by atoms with Gasteiger partial charge in [0.2, 0.25) is 0 Å². The fourth-order valence-corrected chi connectivity index (χ4v) is 2.69. The average molecular weight is 308 g/mol. The Hall–Kier alpha value is -2.69. The van der Waals surface area contributed by atoms with E-state index in [1.807, 2.05) is 62.0 Å². The van der Waals surface area contributed by atoms with Crippen molar-refractivity contribution in [3.63, 3.8) is 0 Å². The van der Waals surface area contributed by atoms with Crippen molar-refractivity contribution in [2.24, 2.45) is 0 Å². The molecule has 0 aliphatic carbocycles. The highest BCUT2D eigenvalue weighted by Gasteiger charge is 2.15. The Kier molecular flexibility index (Phi) is 4.10. The number of benzene rings is 1. The van der Waals surface area contributed by atoms with Crippen molar-refractivity contribution in [1.29, 1.82) is 0 Å². The summed E-state index contributed by atoms with van der Waals surface area (Å²) in [7, 11) is 0. The Bertz CT molecular complexity index is 867. The van der Waals surface area contributed by atoms with E-state index in [4.69, 9.17) is 4.98 Å². The highest BCUT2D eigenvalue weighted by atomic mass is 16.1. The number of carbonyl (C=O) groups excluding carboxylic acids is 1. The normalized spacial score (nSPS) is 10.9. The number of nitrogens with zero attached hydrogens (tertiary/aromatic N) is 3. The number of hydrogen-bond acceptors (Lipinski definition) is 3. The molecule has 1 aromatic carbocycles. The molecule has 0 atom stereocenters. The van der Waals surface area contributed by atoms with Gasteiger partial charge in [-0.25, -0.2) is 4.98 Å². The summed E-state index contributed by atoms with van der Waals surface area (Å²) in [6.45, 7) is 7.32. The standard InChI is InChI=1S/C18H20N4O/c1-4-19-18(23)14-10-17(15-11-22(5-2)21-12(15)3)20-16-9-7-6-8-13(14)16/h6-11H,4-5H2,1-3H3,(H,19,23). The van der Waals surface area contributed by atoms with Crippen LogP contribution in [0.25, 0.3) is 22.2 Å². The molecule has 0 aliphatic rings. The second kappa shape index (κ2) is 6.20. The third-order valence-corrected chi connectivity index (χ3v) is 3.84. The lowest BCUT2D eigenvalue weighted by Crippen LogP contribution is -2.23. The Labute approximate surface area is 135 Å². The van der Waals surface area contributed by atoms with Gasteiger partial charge in [-0.2, -0.15) is 5.10 Å². The first kappa shape index (κ1) is 15.2. The van der Waals surface area contributed by atoms with Crippen LogP contribution in [0.5, 0.6) is 0 Å². The fourth-order valence-electron chi connectivity index (χ4n) is 2.69. The summed E-state index contributed by atoms with van der Waals surface area (Å²) in [5, 5.41) is 8.21. The van der Waals surface area contributed by atoms with Crippen molar-refractivity contribution in [3.05, 3.63) is 47.8 Å². The lowest BCUT2D eigenvalue weighted by Gasteiger charge is -2.09. The zero-order valence-electron chi connectivity index (χ0n) is 13.6. The Morgan fingerprint density at radius 1 is 1.26 bits per heavy atom. The van der Waals surface area contributed by atoms with Gasteiger partial charge < -0.3 is 5.32 Å². The quantitative estimate of drug-likeness (QED) is 0.805. The van der Waals surface area contributed by atoms with Crippen molar-refractivity contribution in [3.8, 4) is 11.3 Å². The van der Waals surface area contributed by atoms with Crippen LogP contribution in [0.1, 0.15) is 29.9 Å². The van der Waals surface area contributed by atoms with Crippen molar-refractivity contribution in [2.75, 3.05) is 6.54 Å². The van der Waals surface area contributed by atoms with Gasteiger partial charge in [-0.05, 0) is 32.9 Å². The molecule has 0 saturated heterocycles. The number of hydrogen-bond donors (Lipinski definition) is 1. The number of amides is 1. The zero-order valence-corrected chi connectivity index (χ0v) is 13.6. The third kappa shape index (κ3) is 2.82. The van der Waals surface area contributed by atoms with Crippen LogP contribution in [0.4, 0.5) is 0 Å². The number of para-hydroxylation sites is 1. The van der Waals surface area contributed by atoms with E-state index < -0.39 is 0 Å². The van der Waals surface area contributed by atoms with Crippen molar-refractivity contribution < 1.29 is 4.79 Å². The second-order valence-electron chi connectivity index (χ2n) is 5.42. The topological polar surface area (TPSA) is 59.8 Å². The Morgan fingerprint density at radius 3 is 2.74 bits per heavy atom. The first-order chi connectivity index (χ1) is 11.1. The van der Waals surface area contributed by atoms with Crippen molar-refractivity contribution >= 4 is 16.8 Å². The van der Waals surface area contributed by atoms with Crippen LogP contribution in [-0.2, 0) is 6.54 Å². The summed E-state index contributed by atoms with van der Waals surface area (Å²) in [4.78, 5) is 17.2. The minimum atomic E-state index is -0.0760. The largest absolute Gasteiger partial charge is 0.352 e. The number of pyridine rings is 1. The highest BCUT2D eigenvalue weighted by Crippen LogP contribution is 2.26. The number of aryl methyl sites for hydroxylation is 2. The van der Waals surface area contributed by atoms with E-state index in [1.54, 1.807) is 0 Å². The molecule has 0 unspecified atom stereocenters. The molecule has 0 saturated carbocycles. The summed E-state index contributed by atoms with van der Waals surface area (Å²) in [5.74, 6) is -0.0760. The van der Waals surface area contributed by atoms with E-state index in [0.29, 0.717) is 12.1 Å². The zero-order chi connectivity index (χ0) is 16.4. The van der Waals surface area contributed by atoms with Gasteiger partial charge in [0.15, 0.2) is 0 Å². The molecular weight excluding hydrogens is 288 g/mol. The molecule has 3 aromatic rings. The summed E-state index contributed by atoms with van der Waals surface area (Å²) in [6.07, 6.45) is 1.98. The van der Waals surface area contributed by atoms with Crippen LogP contribution in [0.2, 0.25) is 0 Å². The summed E-state index contributed by atoms with van der Waals surface area (Å²) in [6, 6.07) is 9.58. The molecule has 5 nitrogen and oxygen atoms in total. The van der Waals surface area contributed by atoms with Crippen LogP contribution in [0.3, 0.4) is 0 Å². The van der Waals surface area contributed by atoms with Gasteiger partial charge in [0.1, 0.15) is 0 Å². The first-order valence-corrected chi connectivity index (χ1v) is 7.86. The first-order valence-electron chi connectivity index (χ1n) is 7.86. The number of nitrogens with one attached hydrogen (secondary N) is 1. The van der Waals surface area contributed by atoms with Gasteiger partial charge >= 0.3 is 0 Å². The smallest absolute Gasteiger partial charge is 0.252 e. The molecule has 5 heteroatoms. The van der Waals surface area contributed by atoms with Crippen LogP contribution in [0, 0.1) is 6.92 Å². The van der Waals surface area contributed by atoms with Gasteiger partial charge in [-0.1, -0.05) is 18.2 Å². The Morgan fingerprint density at radius 2 is 2.04 bits per heavy atom. The molecule has 3 rings (SSSR count). The lowest BCUT2D eigenvalue weighted by atomic mass is 10.0. The van der Waals surface area contributed by atoms with Crippen LogP contribution in [0.15, 0.2) is 36.5 Å². The molecular formula is C18H20N4O. The highest BCUT2D eigenvalue weighted by molar-refractivity contribution is 6.07. The number of carbonyl (C=O) groups is 1. The van der Waals surface area contributed by atoms with Gasteiger partial charge in [-0.15, -0.1) is 0 Å². The van der Waals surface area contributed by atoms with Gasteiger partial charge in [0, 0.05) is 30.2 Å². The predicted octanol–water partition coefficient (Wildman–Crippen LogP) is 3.18. The average Bonchev–Trinajstić information content (AvgIpc) is 2.95. The van der Waals surface area contributed by atoms with Gasteiger partial charge in [-0.3, -0.25) is 9.48 Å². The SMILES string of the molecule is CCNC(=O)c1cc(-c2cn(CC)nc2C)nc2ccccc12. The summed E-state index contributed by atoms with van der Waals surface area (Å²) >= 11 is 0. The molecule has 1 amide bonds. The van der Waals surface area contributed by atoms with Gasteiger partial charge in [0.25, 0.3) is 5.91 Å². The molecule has 0 spiro atoms. The van der Waals surface area contributed by atoms with Crippen molar-refractivity contribution in [2.45, 2.75) is 27.3 Å². The monoisotopic (exact) mass is 308 g/mol. The molecule has 23 heavy (non-hydrogen) atoms. The van der Waals surface area contributed by atoms with Crippen LogP contribution < -0.4 is 5.32 Å². The second-order valence-corrected chi connectivity index (χ2v) is 5.42. The maximum Gasteiger partial charge on any atom is 0.252 e. The third-order valence-electron chi connectivity index (χ3n) is 3.84. The molecule has 0 radical (unpaired) electrons. The van der Waals surface area contributed by atoms with Gasteiger partial charge in [0.05, 0.1) is 22.5 Å². The Balaban J connectivity index is 2.22. The van der Waals surface area contributed by atoms with E-state index in [9.17, 15) is 4.79 Å². The van der Waals surface area contributed by atoms with E-state index in [0.717, 1.165) is 34.4 Å². The van der Waals surface area contributed by atoms with Crippen molar-refractivity contribution in [1.82, 2.24) is 20.1 Å². The van der Waals surface area contributed by atoms with E-state index in [1.165, 1.54) is 0 Å². The summed E-state index contributed by atoms with van der Waals surface area (Å²) in [5.41, 5.74) is 4.12. The molecule has 0 fully saturated rings. The minimum Gasteiger partial charge on any atom is -0.352 e. The van der Waals surface area contributed by atoms with Crippen LogP contribution in [-0.4, -0.2) is 27.2 Å². The lowest BCUT2D eigenvalue weighted by molar-refractivity contribution is 0.0957. The molecule has 118 valence electrons.